The van der Waals surface area contributed by atoms with Crippen LogP contribution in [0.15, 0.2) is 48.5 Å². The molecule has 0 aliphatic rings. The molecule has 0 unspecified atom stereocenters. The van der Waals surface area contributed by atoms with Gasteiger partial charge in [-0.25, -0.2) is 4.98 Å². The van der Waals surface area contributed by atoms with E-state index in [1.807, 2.05) is 31.2 Å². The molecule has 0 fully saturated rings. The summed E-state index contributed by atoms with van der Waals surface area (Å²) in [4.78, 5) is 3.73. The Morgan fingerprint density at radius 2 is 1.75 bits per heavy atom. The van der Waals surface area contributed by atoms with Crippen LogP contribution in [-0.2, 0) is 12.7 Å². The summed E-state index contributed by atoms with van der Waals surface area (Å²) in [5, 5.41) is 0. The van der Waals surface area contributed by atoms with Gasteiger partial charge in [0.15, 0.2) is 0 Å². The average Bonchev–Trinajstić information content (AvgIpc) is 2.92. The molecule has 0 saturated carbocycles. The van der Waals surface area contributed by atoms with E-state index in [-0.39, 0.29) is 6.54 Å². The molecule has 0 atom stereocenters. The molecule has 1 aromatic heterocycles. The zero-order valence-electron chi connectivity index (χ0n) is 13.2. The highest BCUT2D eigenvalue weighted by Gasteiger charge is 2.37. The molecule has 0 N–H and O–H groups in total. The van der Waals surface area contributed by atoms with Crippen LogP contribution in [0.5, 0.6) is 5.75 Å². The smallest absolute Gasteiger partial charge is 0.449 e. The van der Waals surface area contributed by atoms with Gasteiger partial charge in [0.1, 0.15) is 5.75 Å². The van der Waals surface area contributed by atoms with E-state index in [0.29, 0.717) is 24.1 Å². The van der Waals surface area contributed by atoms with E-state index >= 15 is 0 Å². The van der Waals surface area contributed by atoms with Crippen LogP contribution in [0.1, 0.15) is 17.8 Å². The topological polar surface area (TPSA) is 27.1 Å². The highest BCUT2D eigenvalue weighted by molar-refractivity contribution is 5.76. The zero-order valence-corrected chi connectivity index (χ0v) is 13.2. The minimum Gasteiger partial charge on any atom is -0.493 e. The number of hydrogen-bond donors (Lipinski definition) is 0. The van der Waals surface area contributed by atoms with Crippen molar-refractivity contribution >= 4 is 11.0 Å². The van der Waals surface area contributed by atoms with E-state index in [1.54, 1.807) is 24.3 Å². The first-order valence-corrected chi connectivity index (χ1v) is 7.68. The third-order valence-corrected chi connectivity index (χ3v) is 3.79. The number of nitrogens with zero attached hydrogens (tertiary/aromatic N) is 2. The van der Waals surface area contributed by atoms with Crippen LogP contribution in [0.4, 0.5) is 13.2 Å². The molecule has 126 valence electrons. The zero-order chi connectivity index (χ0) is 17.2. The van der Waals surface area contributed by atoms with Crippen molar-refractivity contribution in [2.75, 3.05) is 6.61 Å². The van der Waals surface area contributed by atoms with E-state index in [1.165, 1.54) is 4.57 Å². The summed E-state index contributed by atoms with van der Waals surface area (Å²) in [7, 11) is 0. The Labute approximate surface area is 137 Å². The lowest BCUT2D eigenvalue weighted by Crippen LogP contribution is -2.16. The summed E-state index contributed by atoms with van der Waals surface area (Å²) in [5.74, 6) is -0.108. The van der Waals surface area contributed by atoms with Gasteiger partial charge in [-0.1, -0.05) is 30.3 Å². The normalized spacial score (nSPS) is 11.8. The fourth-order valence-electron chi connectivity index (χ4n) is 2.64. The molecular formula is C18H17F3N2O. The van der Waals surface area contributed by atoms with Crippen LogP contribution in [-0.4, -0.2) is 16.2 Å². The van der Waals surface area contributed by atoms with Gasteiger partial charge >= 0.3 is 6.18 Å². The Morgan fingerprint density at radius 3 is 2.50 bits per heavy atom. The van der Waals surface area contributed by atoms with Gasteiger partial charge in [-0.15, -0.1) is 0 Å². The van der Waals surface area contributed by atoms with E-state index in [0.717, 1.165) is 11.3 Å². The second kappa shape index (κ2) is 6.55. The summed E-state index contributed by atoms with van der Waals surface area (Å²) in [5.41, 5.74) is 1.84. The molecule has 0 radical (unpaired) electrons. The molecule has 6 heteroatoms. The number of hydrogen-bond acceptors (Lipinski definition) is 2. The summed E-state index contributed by atoms with van der Waals surface area (Å²) in [6.45, 7) is 2.47. The highest BCUT2D eigenvalue weighted by Crippen LogP contribution is 2.31. The van der Waals surface area contributed by atoms with Crippen molar-refractivity contribution in [1.82, 2.24) is 9.55 Å². The second-order valence-electron chi connectivity index (χ2n) is 5.54. The molecule has 2 aromatic carbocycles. The summed E-state index contributed by atoms with van der Waals surface area (Å²) < 4.78 is 46.5. The lowest BCUT2D eigenvalue weighted by Gasteiger charge is -2.12. The van der Waals surface area contributed by atoms with Crippen LogP contribution < -0.4 is 4.74 Å². The predicted molar refractivity (Wildman–Crippen MR) is 86.0 cm³/mol. The van der Waals surface area contributed by atoms with E-state index in [4.69, 9.17) is 4.74 Å². The van der Waals surface area contributed by atoms with Gasteiger partial charge in [0.05, 0.1) is 17.6 Å². The maximum atomic E-state index is 13.2. The van der Waals surface area contributed by atoms with Gasteiger partial charge in [-0.3, -0.25) is 0 Å². The van der Waals surface area contributed by atoms with Crippen LogP contribution in [0.3, 0.4) is 0 Å². The molecule has 3 aromatic rings. The fraction of sp³-hybridized carbons (Fsp3) is 0.278. The van der Waals surface area contributed by atoms with Gasteiger partial charge in [0.25, 0.3) is 0 Å². The molecule has 3 nitrogen and oxygen atoms in total. The van der Waals surface area contributed by atoms with Crippen molar-refractivity contribution < 1.29 is 17.9 Å². The third kappa shape index (κ3) is 3.37. The Balaban J connectivity index is 1.74. The van der Waals surface area contributed by atoms with Crippen LogP contribution in [0.2, 0.25) is 0 Å². The minimum absolute atomic E-state index is 0.196. The monoisotopic (exact) mass is 334 g/mol. The minimum atomic E-state index is -4.48. The molecule has 0 saturated heterocycles. The largest absolute Gasteiger partial charge is 0.493 e. The average molecular weight is 334 g/mol. The number of aromatic nitrogens is 2. The number of rotatable bonds is 5. The van der Waals surface area contributed by atoms with Crippen molar-refractivity contribution in [1.29, 1.82) is 0 Å². The van der Waals surface area contributed by atoms with Crippen molar-refractivity contribution in [2.24, 2.45) is 0 Å². The molecule has 0 aliphatic heterocycles. The number of alkyl halides is 3. The quantitative estimate of drug-likeness (QED) is 0.625. The van der Waals surface area contributed by atoms with Gasteiger partial charge in [-0.2, -0.15) is 13.2 Å². The number of ether oxygens (including phenoxy) is 1. The second-order valence-corrected chi connectivity index (χ2v) is 5.54. The fourth-order valence-corrected chi connectivity index (χ4v) is 2.64. The van der Waals surface area contributed by atoms with Crippen molar-refractivity contribution in [3.63, 3.8) is 0 Å². The lowest BCUT2D eigenvalue weighted by molar-refractivity contribution is -0.147. The molecule has 0 amide bonds. The van der Waals surface area contributed by atoms with Crippen molar-refractivity contribution in [3.05, 3.63) is 59.9 Å². The van der Waals surface area contributed by atoms with E-state index in [9.17, 15) is 13.2 Å². The Morgan fingerprint density at radius 1 is 1.04 bits per heavy atom. The van der Waals surface area contributed by atoms with Crippen LogP contribution in [0.25, 0.3) is 11.0 Å². The molecular weight excluding hydrogens is 317 g/mol. The SMILES string of the molecule is Cc1ccccc1OCCCn1c(C(F)(F)F)nc2ccccc21. The number of fused-ring (bicyclic) bond motifs is 1. The maximum Gasteiger partial charge on any atom is 0.449 e. The third-order valence-electron chi connectivity index (χ3n) is 3.79. The Kier molecular flexibility index (Phi) is 4.46. The molecule has 0 bridgehead atoms. The number of halogens is 3. The number of imidazole rings is 1. The van der Waals surface area contributed by atoms with E-state index in [2.05, 4.69) is 4.98 Å². The van der Waals surface area contributed by atoms with Gasteiger partial charge in [0, 0.05) is 6.54 Å². The number of benzene rings is 2. The van der Waals surface area contributed by atoms with Crippen LogP contribution in [0, 0.1) is 6.92 Å². The number of aryl methyl sites for hydroxylation is 2. The number of para-hydroxylation sites is 3. The van der Waals surface area contributed by atoms with E-state index < -0.39 is 12.0 Å². The Hall–Kier alpha value is -2.50. The lowest BCUT2D eigenvalue weighted by atomic mass is 10.2. The van der Waals surface area contributed by atoms with Crippen molar-refractivity contribution in [3.8, 4) is 5.75 Å². The van der Waals surface area contributed by atoms with Crippen LogP contribution >= 0.6 is 0 Å². The first-order valence-electron chi connectivity index (χ1n) is 7.68. The molecule has 24 heavy (non-hydrogen) atoms. The van der Waals surface area contributed by atoms with Gasteiger partial charge < -0.3 is 9.30 Å². The summed E-state index contributed by atoms with van der Waals surface area (Å²) >= 11 is 0. The van der Waals surface area contributed by atoms with Gasteiger partial charge in [-0.05, 0) is 37.1 Å². The first kappa shape index (κ1) is 16.4. The summed E-state index contributed by atoms with van der Waals surface area (Å²) in [6, 6.07) is 14.2. The molecule has 3 rings (SSSR count). The molecule has 0 spiro atoms. The first-order chi connectivity index (χ1) is 11.5. The molecule has 1 heterocycles. The summed E-state index contributed by atoms with van der Waals surface area (Å²) in [6.07, 6.45) is -4.02. The van der Waals surface area contributed by atoms with Crippen molar-refractivity contribution in [2.45, 2.75) is 26.1 Å². The Bertz CT molecular complexity index is 840. The van der Waals surface area contributed by atoms with Gasteiger partial charge in [0.2, 0.25) is 5.82 Å². The molecule has 0 aliphatic carbocycles. The standard InChI is InChI=1S/C18H17F3N2O/c1-13-7-2-5-10-16(13)24-12-6-11-23-15-9-4-3-8-14(15)22-17(23)18(19,20)21/h2-5,7-10H,6,11-12H2,1H3. The maximum absolute atomic E-state index is 13.2. The predicted octanol–water partition coefficient (Wildman–Crippen LogP) is 4.83. The highest BCUT2D eigenvalue weighted by atomic mass is 19.4.